The van der Waals surface area contributed by atoms with Gasteiger partial charge in [-0.3, -0.25) is 0 Å². The molecule has 110 heavy (non-hydrogen) atoms. The van der Waals surface area contributed by atoms with Gasteiger partial charge in [0.25, 0.3) is 0 Å². The van der Waals surface area contributed by atoms with Gasteiger partial charge in [0.05, 0.1) is 6.10 Å². The third kappa shape index (κ3) is 21.1. The summed E-state index contributed by atoms with van der Waals surface area (Å²) in [7, 11) is 0. The molecule has 632 valence electrons. The molecule has 11 heterocycles. The first-order valence-electron chi connectivity index (χ1n) is 49.5. The number of fused-ring (bicyclic) bond motifs is 18. The van der Waals surface area contributed by atoms with Crippen LogP contribution in [0.3, 0.4) is 0 Å². The largest absolute Gasteiger partial charge is 0.392 e. The number of nitrogens with two attached hydrogens (primary N) is 2. The molecule has 29 aliphatic rings. The summed E-state index contributed by atoms with van der Waals surface area (Å²) in [6, 6.07) is 4.93. The second-order valence-electron chi connectivity index (χ2n) is 47.9. The molecule has 16 atom stereocenters. The number of piperidine rings is 4. The fourth-order valence-electron chi connectivity index (χ4n) is 31.5. The fourth-order valence-corrected chi connectivity index (χ4v) is 31.5. The van der Waals surface area contributed by atoms with Gasteiger partial charge in [-0.2, -0.15) is 0 Å². The minimum Gasteiger partial charge on any atom is -0.392 e. The summed E-state index contributed by atoms with van der Waals surface area (Å²) < 4.78 is 0. The second-order valence-corrected chi connectivity index (χ2v) is 47.9. The fraction of sp³-hybridized carbons (Fsp3) is 1.00. The van der Waals surface area contributed by atoms with Crippen molar-refractivity contribution < 1.29 is 5.11 Å². The number of aliphatic hydroxyl groups excluding tert-OH is 1. The van der Waals surface area contributed by atoms with Crippen LogP contribution in [0.25, 0.3) is 0 Å². The molecule has 12 nitrogen and oxygen atoms in total. The van der Waals surface area contributed by atoms with E-state index in [1.807, 2.05) is 0 Å². The number of aliphatic hydroxyl groups is 1. The zero-order valence-electron chi connectivity index (χ0n) is 73.2. The van der Waals surface area contributed by atoms with Crippen molar-refractivity contribution in [1.29, 1.82) is 0 Å². The normalized spacial score (nSPS) is 49.6. The average molecular weight is 1530 g/mol. The molecule has 18 saturated carbocycles. The Morgan fingerprint density at radius 1 is 0.318 bits per heavy atom. The van der Waals surface area contributed by atoms with Gasteiger partial charge in [-0.05, 0) is 448 Å². The van der Waals surface area contributed by atoms with Crippen LogP contribution in [-0.2, 0) is 0 Å². The van der Waals surface area contributed by atoms with Crippen molar-refractivity contribution in [3.63, 3.8) is 0 Å². The van der Waals surface area contributed by atoms with Crippen LogP contribution in [0.1, 0.15) is 338 Å². The van der Waals surface area contributed by atoms with Gasteiger partial charge in [0.2, 0.25) is 0 Å². The second kappa shape index (κ2) is 36.8. The number of nitrogens with one attached hydrogen (secondary N) is 9. The Labute approximate surface area is 676 Å². The molecule has 0 spiro atoms. The Bertz CT molecular complexity index is 2550. The third-order valence-corrected chi connectivity index (χ3v) is 38.1. The SMILES string of the molecule is C1CC2CCC1CNC2.C1CC2CNC(C1)C2.C1CC2CNCC1C2.C1CCC2NCCCC2C1.C1NC2CC3CC1CC(C3)C2.CC1(C)CC2CC(C)(CN2)C1.CC12CCC(CNC1)C2(C)C.CC12CCCC(NC1)C2(C)C.NC12CC3CC(CC(C3)C1)C2.NC1C2CC3CC(C2)CC1C3.OC1C2CCC1CNC2. The lowest BCUT2D eigenvalue weighted by Crippen LogP contribution is -2.55. The van der Waals surface area contributed by atoms with Gasteiger partial charge < -0.3 is 64.4 Å². The summed E-state index contributed by atoms with van der Waals surface area (Å²) in [6.45, 7) is 38.1. The van der Waals surface area contributed by atoms with E-state index in [1.165, 1.54) is 322 Å². The first-order valence-corrected chi connectivity index (χ1v) is 49.5. The van der Waals surface area contributed by atoms with E-state index >= 15 is 0 Å². The standard InChI is InChI=1S/3C10H17N.3C10H19N.C9H17N.C8H15N.C7H13NO.2C7H13N/c1-7-2-9-3-8(1)5-10(4-7)11-6-9;11-10-4-7-1-8(5-10)3-9(2-7)6-10;11-10-8-2-6-1-7(4-8)5-9(10)3-6;1-9(2)4-8-5-10(3,6-9)7-11-8;1-9(2)8-4-5-10(9,3)7-11-6-8;1-9(2)8-5-4-6-10(9,3)7-11-8;1-2-6-9-8(4-1)5-3-7-10-9;1-2-8-4-3-7(1)5-9-6-8;9-7-5-1-2-6(7)4-8-3-5;1-2-7-3-6(1)4-8-5-7;1-2-6-4-7(3-1)8-5-6/h7-11H,1-6H2;7-9H,1-6,11H2;6-10H,1-5,11H2;3*8,11H,4-7H2,1-3H3;8-10H,1-7H2;7-9H,1-6H2;5-9H,1-4H2;2*6-8H,1-5H2. The monoisotopic (exact) mass is 1530 g/mol. The van der Waals surface area contributed by atoms with Crippen LogP contribution in [0.2, 0.25) is 0 Å². The molecular weight excluding hydrogens is 1350 g/mol. The van der Waals surface area contributed by atoms with E-state index in [-0.39, 0.29) is 6.10 Å². The average Bonchev–Trinajstić information content (AvgIpc) is 1.42. The van der Waals surface area contributed by atoms with Crippen molar-refractivity contribution in [2.75, 3.05) is 85.1 Å². The Balaban J connectivity index is 0.0000000963. The highest BCUT2D eigenvalue weighted by molar-refractivity contribution is 5.09. The molecule has 11 aliphatic heterocycles. The van der Waals surface area contributed by atoms with Gasteiger partial charge >= 0.3 is 0 Å². The van der Waals surface area contributed by atoms with Crippen LogP contribution in [0.4, 0.5) is 0 Å². The molecule has 14 N–H and O–H groups in total. The number of hydrogen-bond acceptors (Lipinski definition) is 12. The molecular formula is C98H179N11O. The highest BCUT2D eigenvalue weighted by atomic mass is 16.3. The first kappa shape index (κ1) is 84.5. The Hall–Kier alpha value is -0.480. The van der Waals surface area contributed by atoms with E-state index in [0.29, 0.717) is 55.9 Å². The van der Waals surface area contributed by atoms with Gasteiger partial charge in [0, 0.05) is 74.5 Å². The first-order chi connectivity index (χ1) is 52.8. The Morgan fingerprint density at radius 2 is 0.836 bits per heavy atom. The van der Waals surface area contributed by atoms with Gasteiger partial charge in [-0.1, -0.05) is 88.0 Å². The molecule has 11 saturated heterocycles. The summed E-state index contributed by atoms with van der Waals surface area (Å²) in [5, 5.41) is 41.4. The summed E-state index contributed by atoms with van der Waals surface area (Å²) in [5.74, 6) is 18.7. The summed E-state index contributed by atoms with van der Waals surface area (Å²) in [5.41, 5.74) is 16.3. The molecule has 29 fully saturated rings. The molecule has 26 bridgehead atoms. The van der Waals surface area contributed by atoms with Crippen LogP contribution < -0.4 is 59.3 Å². The lowest BCUT2D eigenvalue weighted by atomic mass is 9.53. The molecule has 29 rings (SSSR count). The van der Waals surface area contributed by atoms with E-state index in [4.69, 9.17) is 11.5 Å². The van der Waals surface area contributed by atoms with E-state index in [2.05, 4.69) is 110 Å². The Morgan fingerprint density at radius 3 is 1.38 bits per heavy atom. The third-order valence-electron chi connectivity index (χ3n) is 38.1. The number of hydrogen-bond donors (Lipinski definition) is 12. The summed E-state index contributed by atoms with van der Waals surface area (Å²) in [4.78, 5) is 0. The van der Waals surface area contributed by atoms with Crippen molar-refractivity contribution in [3.05, 3.63) is 0 Å². The summed E-state index contributed by atoms with van der Waals surface area (Å²) >= 11 is 0. The van der Waals surface area contributed by atoms with Crippen molar-refractivity contribution in [3.8, 4) is 0 Å². The minimum atomic E-state index is 0.0197. The maximum atomic E-state index is 9.47. The molecule has 16 unspecified atom stereocenters. The van der Waals surface area contributed by atoms with Crippen LogP contribution in [0.15, 0.2) is 0 Å². The summed E-state index contributed by atoms with van der Waals surface area (Å²) in [6.07, 6.45) is 62.6. The smallest absolute Gasteiger partial charge is 0.0620 e. The lowest BCUT2D eigenvalue weighted by molar-refractivity contribution is 0.000282. The lowest BCUT2D eigenvalue weighted by Gasteiger charge is -2.55. The van der Waals surface area contributed by atoms with Crippen molar-refractivity contribution >= 4 is 0 Å². The Kier molecular flexibility index (Phi) is 28.3. The van der Waals surface area contributed by atoms with E-state index in [0.717, 1.165) is 144 Å². The highest BCUT2D eigenvalue weighted by Gasteiger charge is 2.56. The van der Waals surface area contributed by atoms with Gasteiger partial charge in [0.1, 0.15) is 0 Å². The molecule has 0 aromatic rings. The molecule has 0 radical (unpaired) electrons. The van der Waals surface area contributed by atoms with Crippen LogP contribution in [0, 0.1) is 145 Å². The number of rotatable bonds is 0. The van der Waals surface area contributed by atoms with Crippen LogP contribution in [0.5, 0.6) is 0 Å². The van der Waals surface area contributed by atoms with Crippen LogP contribution >= 0.6 is 0 Å². The predicted molar refractivity (Wildman–Crippen MR) is 462 cm³/mol. The molecule has 0 aromatic heterocycles. The minimum absolute atomic E-state index is 0.0197. The van der Waals surface area contributed by atoms with Crippen molar-refractivity contribution in [2.45, 2.75) is 386 Å². The maximum absolute atomic E-state index is 9.47. The zero-order valence-corrected chi connectivity index (χ0v) is 73.2. The van der Waals surface area contributed by atoms with Crippen molar-refractivity contribution in [2.24, 2.45) is 156 Å². The van der Waals surface area contributed by atoms with Gasteiger partial charge in [-0.15, -0.1) is 0 Å². The zero-order chi connectivity index (χ0) is 76.5. The molecule has 0 amide bonds. The topological polar surface area (TPSA) is 181 Å². The van der Waals surface area contributed by atoms with E-state index < -0.39 is 0 Å². The quantitative estimate of drug-likeness (QED) is 0.111. The van der Waals surface area contributed by atoms with Gasteiger partial charge in [0.15, 0.2) is 0 Å². The van der Waals surface area contributed by atoms with Gasteiger partial charge in [-0.25, -0.2) is 0 Å². The molecule has 12 heteroatoms. The van der Waals surface area contributed by atoms with Crippen LogP contribution in [-0.4, -0.2) is 138 Å². The predicted octanol–water partition coefficient (Wildman–Crippen LogP) is 17.3. The van der Waals surface area contributed by atoms with E-state index in [9.17, 15) is 5.11 Å². The van der Waals surface area contributed by atoms with E-state index in [1.54, 1.807) is 25.7 Å². The van der Waals surface area contributed by atoms with Crippen molar-refractivity contribution in [1.82, 2.24) is 47.9 Å². The molecule has 0 aromatic carbocycles. The molecule has 18 aliphatic carbocycles. The maximum Gasteiger partial charge on any atom is 0.0620 e. The highest BCUT2D eigenvalue weighted by Crippen LogP contribution is 2.59.